The predicted molar refractivity (Wildman–Crippen MR) is 119 cm³/mol. The molecule has 1 aliphatic heterocycles. The van der Waals surface area contributed by atoms with E-state index in [1.807, 2.05) is 47.6 Å². The van der Waals surface area contributed by atoms with E-state index in [1.54, 1.807) is 29.4 Å². The number of aromatic amines is 1. The molecule has 7 heteroatoms. The number of imidazole rings is 1. The van der Waals surface area contributed by atoms with Gasteiger partial charge in [-0.25, -0.2) is 4.57 Å². The molecule has 1 fully saturated rings. The standard InChI is InChI=1S/C25H26N4O3/c1-17(2)18-4-6-19(7-5-18)22-21(23(30)20-8-10-26-11-9-20)24(31)25(32)29(22)14-3-13-28-15-12-27-16-28/h4-12,15-17,22H,3,13-14H2,1-2H3,(H,30,31)/p+1. The van der Waals surface area contributed by atoms with Crippen LogP contribution in [-0.2, 0) is 16.1 Å². The summed E-state index contributed by atoms with van der Waals surface area (Å²) < 4.78 is 1.99. The lowest BCUT2D eigenvalue weighted by atomic mass is 9.93. The smallest absolute Gasteiger partial charge is 0.295 e. The Kier molecular flexibility index (Phi) is 6.16. The van der Waals surface area contributed by atoms with Crippen molar-refractivity contribution in [1.29, 1.82) is 0 Å². The van der Waals surface area contributed by atoms with Crippen LogP contribution in [0, 0.1) is 0 Å². The van der Waals surface area contributed by atoms with Crippen molar-refractivity contribution in [3.8, 4) is 0 Å². The summed E-state index contributed by atoms with van der Waals surface area (Å²) >= 11 is 0. The van der Waals surface area contributed by atoms with Crippen LogP contribution in [0.15, 0.2) is 73.1 Å². The van der Waals surface area contributed by atoms with Crippen molar-refractivity contribution < 1.29 is 19.3 Å². The quantitative estimate of drug-likeness (QED) is 0.260. The third-order valence-electron chi connectivity index (χ3n) is 5.83. The summed E-state index contributed by atoms with van der Waals surface area (Å²) in [4.78, 5) is 34.6. The van der Waals surface area contributed by atoms with Crippen molar-refractivity contribution in [2.24, 2.45) is 0 Å². The number of benzene rings is 1. The molecule has 4 rings (SSSR count). The van der Waals surface area contributed by atoms with Crippen molar-refractivity contribution in [3.05, 3.63) is 89.8 Å². The van der Waals surface area contributed by atoms with E-state index in [9.17, 15) is 14.7 Å². The van der Waals surface area contributed by atoms with Crippen molar-refractivity contribution in [2.75, 3.05) is 6.54 Å². The number of amides is 1. The lowest BCUT2D eigenvalue weighted by Crippen LogP contribution is -2.36. The molecule has 1 aliphatic rings. The largest absolute Gasteiger partial charge is 0.507 e. The second-order valence-electron chi connectivity index (χ2n) is 8.25. The molecular formula is C25H27N4O3+. The topological polar surface area (TPSA) is 90.2 Å². The molecule has 3 aromatic rings. The van der Waals surface area contributed by atoms with Crippen molar-refractivity contribution in [2.45, 2.75) is 38.8 Å². The van der Waals surface area contributed by atoms with Gasteiger partial charge in [0.1, 0.15) is 18.2 Å². The number of ketones is 1. The normalized spacial score (nSPS) is 18.0. The number of hydrogen-bond donors (Lipinski definition) is 2. The molecule has 2 aromatic heterocycles. The van der Waals surface area contributed by atoms with Crippen molar-refractivity contribution >= 4 is 17.4 Å². The second kappa shape index (κ2) is 9.18. The first-order valence-corrected chi connectivity index (χ1v) is 10.8. The third-order valence-corrected chi connectivity index (χ3v) is 5.83. The number of likely N-dealkylation sites (tertiary alicyclic amines) is 1. The highest BCUT2D eigenvalue weighted by atomic mass is 16.3. The maximum atomic E-state index is 13.0. The fourth-order valence-corrected chi connectivity index (χ4v) is 4.07. The van der Waals surface area contributed by atoms with Gasteiger partial charge >= 0.3 is 0 Å². The SMILES string of the molecule is CC(C)c1ccc(C2C(=C(O)c3ccncc3)C(=O)C(=O)N2CCC[n+]2cc[nH]c2)cc1. The maximum absolute atomic E-state index is 13.0. The summed E-state index contributed by atoms with van der Waals surface area (Å²) in [6.45, 7) is 5.33. The number of carbonyl (C=O) groups is 2. The van der Waals surface area contributed by atoms with E-state index in [4.69, 9.17) is 0 Å². The third kappa shape index (κ3) is 4.19. The molecule has 0 saturated carbocycles. The minimum atomic E-state index is -0.661. The number of pyridine rings is 1. The number of hydrogen-bond acceptors (Lipinski definition) is 4. The average molecular weight is 432 g/mol. The number of rotatable bonds is 7. The van der Waals surface area contributed by atoms with E-state index in [-0.39, 0.29) is 11.3 Å². The van der Waals surface area contributed by atoms with E-state index in [1.165, 1.54) is 5.56 Å². The zero-order valence-electron chi connectivity index (χ0n) is 18.2. The van der Waals surface area contributed by atoms with Crippen LogP contribution in [0.1, 0.15) is 48.9 Å². The van der Waals surface area contributed by atoms with Gasteiger partial charge in [-0.2, -0.15) is 0 Å². The Labute approximate surface area is 187 Å². The van der Waals surface area contributed by atoms with Gasteiger partial charge in [-0.3, -0.25) is 19.6 Å². The summed E-state index contributed by atoms with van der Waals surface area (Å²) in [5.41, 5.74) is 2.56. The van der Waals surface area contributed by atoms with Gasteiger partial charge in [-0.15, -0.1) is 0 Å². The fourth-order valence-electron chi connectivity index (χ4n) is 4.07. The van der Waals surface area contributed by atoms with Gasteiger partial charge < -0.3 is 10.0 Å². The zero-order chi connectivity index (χ0) is 22.7. The minimum Gasteiger partial charge on any atom is -0.507 e. The van der Waals surface area contributed by atoms with Gasteiger partial charge in [0, 0.05) is 30.9 Å². The number of H-pyrrole nitrogens is 1. The number of aryl methyl sites for hydroxylation is 1. The molecule has 3 heterocycles. The molecule has 1 amide bonds. The fraction of sp³-hybridized carbons (Fsp3) is 0.280. The van der Waals surface area contributed by atoms with Crippen LogP contribution in [-0.4, -0.2) is 38.2 Å². The van der Waals surface area contributed by atoms with Gasteiger partial charge in [0.25, 0.3) is 11.7 Å². The molecule has 32 heavy (non-hydrogen) atoms. The van der Waals surface area contributed by atoms with Crippen LogP contribution in [0.2, 0.25) is 0 Å². The van der Waals surface area contributed by atoms with E-state index in [2.05, 4.69) is 23.8 Å². The lowest BCUT2D eigenvalue weighted by molar-refractivity contribution is -0.695. The first-order chi connectivity index (χ1) is 15.5. The lowest BCUT2D eigenvalue weighted by Gasteiger charge is -2.25. The summed E-state index contributed by atoms with van der Waals surface area (Å²) in [6.07, 6.45) is 9.36. The van der Waals surface area contributed by atoms with Gasteiger partial charge in [0.05, 0.1) is 18.2 Å². The highest BCUT2D eigenvalue weighted by Gasteiger charge is 2.45. The highest BCUT2D eigenvalue weighted by molar-refractivity contribution is 6.46. The van der Waals surface area contributed by atoms with E-state index in [0.29, 0.717) is 31.0 Å². The molecular weight excluding hydrogens is 404 g/mol. The van der Waals surface area contributed by atoms with E-state index < -0.39 is 17.7 Å². The average Bonchev–Trinajstić information content (AvgIpc) is 3.41. The Bertz CT molecular complexity index is 1120. The molecule has 7 nitrogen and oxygen atoms in total. The monoisotopic (exact) mass is 431 g/mol. The second-order valence-corrected chi connectivity index (χ2v) is 8.25. The van der Waals surface area contributed by atoms with Crippen molar-refractivity contribution in [3.63, 3.8) is 0 Å². The summed E-state index contributed by atoms with van der Waals surface area (Å²) in [5, 5.41) is 11.0. The molecule has 0 bridgehead atoms. The molecule has 2 N–H and O–H groups in total. The van der Waals surface area contributed by atoms with Crippen LogP contribution in [0.4, 0.5) is 0 Å². The maximum Gasteiger partial charge on any atom is 0.295 e. The van der Waals surface area contributed by atoms with Crippen LogP contribution in [0.3, 0.4) is 0 Å². The highest BCUT2D eigenvalue weighted by Crippen LogP contribution is 2.39. The molecule has 0 radical (unpaired) electrons. The number of aromatic nitrogens is 3. The minimum absolute atomic E-state index is 0.118. The first-order valence-electron chi connectivity index (χ1n) is 10.8. The summed E-state index contributed by atoms with van der Waals surface area (Å²) in [5.74, 6) is -1.05. The van der Waals surface area contributed by atoms with Gasteiger partial charge in [0.15, 0.2) is 0 Å². The Morgan fingerprint density at radius 2 is 1.88 bits per heavy atom. The van der Waals surface area contributed by atoms with Crippen LogP contribution in [0.5, 0.6) is 0 Å². The van der Waals surface area contributed by atoms with Crippen LogP contribution in [0.25, 0.3) is 5.76 Å². The van der Waals surface area contributed by atoms with Gasteiger partial charge in [-0.1, -0.05) is 38.1 Å². The Morgan fingerprint density at radius 3 is 2.50 bits per heavy atom. The summed E-state index contributed by atoms with van der Waals surface area (Å²) in [7, 11) is 0. The molecule has 1 saturated heterocycles. The molecule has 0 spiro atoms. The number of aliphatic hydroxyl groups is 1. The van der Waals surface area contributed by atoms with Crippen molar-refractivity contribution in [1.82, 2.24) is 14.9 Å². The van der Waals surface area contributed by atoms with Crippen LogP contribution >= 0.6 is 0 Å². The predicted octanol–water partition coefficient (Wildman–Crippen LogP) is 3.33. The number of nitrogens with one attached hydrogen (secondary N) is 1. The van der Waals surface area contributed by atoms with E-state index >= 15 is 0 Å². The molecule has 164 valence electrons. The Balaban J connectivity index is 1.72. The zero-order valence-corrected chi connectivity index (χ0v) is 18.2. The number of nitrogens with zero attached hydrogens (tertiary/aromatic N) is 3. The van der Waals surface area contributed by atoms with Crippen LogP contribution < -0.4 is 4.57 Å². The number of Topliss-reactive ketones (excluding diaryl/α,β-unsaturated/α-hetero) is 1. The van der Waals surface area contributed by atoms with E-state index in [0.717, 1.165) is 5.56 Å². The first kappa shape index (κ1) is 21.5. The molecule has 1 unspecified atom stereocenters. The number of aliphatic hydroxyl groups excluding tert-OH is 1. The number of carbonyl (C=O) groups excluding carboxylic acids is 2. The van der Waals surface area contributed by atoms with Gasteiger partial charge in [0.2, 0.25) is 6.33 Å². The molecule has 1 atom stereocenters. The molecule has 0 aliphatic carbocycles. The Hall–Kier alpha value is -3.74. The summed E-state index contributed by atoms with van der Waals surface area (Å²) in [6, 6.07) is 10.5. The Morgan fingerprint density at radius 1 is 1.16 bits per heavy atom. The molecule has 1 aromatic carbocycles. The van der Waals surface area contributed by atoms with Gasteiger partial charge in [-0.05, 0) is 29.2 Å².